The smallest absolute Gasteiger partial charge is 0.193 e. The summed E-state index contributed by atoms with van der Waals surface area (Å²) in [6.45, 7) is 8.80. The summed E-state index contributed by atoms with van der Waals surface area (Å²) < 4.78 is 17.0. The predicted octanol–water partition coefficient (Wildman–Crippen LogP) is 3.43. The van der Waals surface area contributed by atoms with Crippen molar-refractivity contribution >= 4 is 29.9 Å². The van der Waals surface area contributed by atoms with E-state index in [2.05, 4.69) is 46.4 Å². The van der Waals surface area contributed by atoms with Gasteiger partial charge in [-0.1, -0.05) is 24.3 Å². The second-order valence-corrected chi connectivity index (χ2v) is 7.60. The third-order valence-corrected chi connectivity index (χ3v) is 5.45. The molecule has 164 valence electrons. The van der Waals surface area contributed by atoms with E-state index >= 15 is 0 Å². The van der Waals surface area contributed by atoms with Crippen molar-refractivity contribution in [2.45, 2.75) is 45.4 Å². The van der Waals surface area contributed by atoms with Gasteiger partial charge >= 0.3 is 0 Å². The molecule has 2 aliphatic heterocycles. The highest BCUT2D eigenvalue weighted by Crippen LogP contribution is 2.17. The highest BCUT2D eigenvalue weighted by molar-refractivity contribution is 14.0. The van der Waals surface area contributed by atoms with E-state index in [-0.39, 0.29) is 24.0 Å². The molecule has 2 aliphatic rings. The summed E-state index contributed by atoms with van der Waals surface area (Å²) in [5.41, 5.74) is 2.47. The SMILES string of the molecule is CCOCC1CCN(C(=NC)NCc2cccc(COC3CCOCC3)c2)C1.I. The Labute approximate surface area is 192 Å². The molecular formula is C22H36IN3O3. The van der Waals surface area contributed by atoms with Gasteiger partial charge in [0.1, 0.15) is 0 Å². The highest BCUT2D eigenvalue weighted by Gasteiger charge is 2.24. The van der Waals surface area contributed by atoms with Crippen molar-refractivity contribution in [1.29, 1.82) is 0 Å². The molecule has 1 N–H and O–H groups in total. The molecule has 0 aromatic heterocycles. The molecule has 29 heavy (non-hydrogen) atoms. The molecule has 0 aliphatic carbocycles. The minimum Gasteiger partial charge on any atom is -0.381 e. The van der Waals surface area contributed by atoms with Gasteiger partial charge in [-0.05, 0) is 37.3 Å². The normalized spacial score (nSPS) is 20.6. The van der Waals surface area contributed by atoms with Crippen molar-refractivity contribution in [3.63, 3.8) is 0 Å². The zero-order chi connectivity index (χ0) is 19.6. The molecular weight excluding hydrogens is 481 g/mol. The number of aliphatic imine (C=N–C) groups is 1. The Morgan fingerprint density at radius 1 is 1.24 bits per heavy atom. The van der Waals surface area contributed by atoms with E-state index in [1.807, 2.05) is 7.05 Å². The molecule has 6 nitrogen and oxygen atoms in total. The lowest BCUT2D eigenvalue weighted by molar-refractivity contribution is -0.0390. The van der Waals surface area contributed by atoms with Crippen molar-refractivity contribution in [2.24, 2.45) is 10.9 Å². The molecule has 2 heterocycles. The number of guanidine groups is 1. The van der Waals surface area contributed by atoms with Crippen LogP contribution in [-0.2, 0) is 27.4 Å². The summed E-state index contributed by atoms with van der Waals surface area (Å²) >= 11 is 0. The number of rotatable bonds is 8. The van der Waals surface area contributed by atoms with E-state index in [1.54, 1.807) is 0 Å². The lowest BCUT2D eigenvalue weighted by atomic mass is 10.1. The lowest BCUT2D eigenvalue weighted by Gasteiger charge is -2.23. The van der Waals surface area contributed by atoms with Gasteiger partial charge < -0.3 is 24.4 Å². The van der Waals surface area contributed by atoms with E-state index in [9.17, 15) is 0 Å². The monoisotopic (exact) mass is 517 g/mol. The number of nitrogens with zero attached hydrogens (tertiary/aromatic N) is 2. The second kappa shape index (κ2) is 13.4. The molecule has 1 atom stereocenters. The summed E-state index contributed by atoms with van der Waals surface area (Å²) in [6, 6.07) is 8.62. The van der Waals surface area contributed by atoms with Crippen LogP contribution in [0.1, 0.15) is 37.3 Å². The van der Waals surface area contributed by atoms with Gasteiger partial charge in [-0.2, -0.15) is 0 Å². The molecule has 3 rings (SSSR count). The minimum atomic E-state index is 0. The zero-order valence-corrected chi connectivity index (χ0v) is 20.1. The van der Waals surface area contributed by atoms with Gasteiger partial charge in [-0.25, -0.2) is 0 Å². The van der Waals surface area contributed by atoms with Gasteiger partial charge in [-0.15, -0.1) is 24.0 Å². The third kappa shape index (κ3) is 8.03. The number of benzene rings is 1. The van der Waals surface area contributed by atoms with Crippen LogP contribution in [0.15, 0.2) is 29.3 Å². The van der Waals surface area contributed by atoms with Crippen molar-refractivity contribution < 1.29 is 14.2 Å². The van der Waals surface area contributed by atoms with Crippen LogP contribution in [0.4, 0.5) is 0 Å². The Hall–Kier alpha value is -0.900. The highest BCUT2D eigenvalue weighted by atomic mass is 127. The summed E-state index contributed by atoms with van der Waals surface area (Å²) in [6.07, 6.45) is 3.49. The average molecular weight is 517 g/mol. The van der Waals surface area contributed by atoms with Crippen LogP contribution < -0.4 is 5.32 Å². The van der Waals surface area contributed by atoms with Crippen LogP contribution in [0.3, 0.4) is 0 Å². The molecule has 1 aromatic carbocycles. The summed E-state index contributed by atoms with van der Waals surface area (Å²) in [4.78, 5) is 6.81. The molecule has 1 unspecified atom stereocenters. The van der Waals surface area contributed by atoms with E-state index in [0.29, 0.717) is 18.6 Å². The van der Waals surface area contributed by atoms with E-state index < -0.39 is 0 Å². The molecule has 0 spiro atoms. The van der Waals surface area contributed by atoms with Gasteiger partial charge in [0.2, 0.25) is 0 Å². The van der Waals surface area contributed by atoms with E-state index in [4.69, 9.17) is 14.2 Å². The van der Waals surface area contributed by atoms with Gasteiger partial charge in [0.05, 0.1) is 19.3 Å². The third-order valence-electron chi connectivity index (χ3n) is 5.45. The number of likely N-dealkylation sites (tertiary alicyclic amines) is 1. The quantitative estimate of drug-likeness (QED) is 0.326. The molecule has 7 heteroatoms. The molecule has 0 radical (unpaired) electrons. The second-order valence-electron chi connectivity index (χ2n) is 7.60. The van der Waals surface area contributed by atoms with Crippen LogP contribution in [0.2, 0.25) is 0 Å². The van der Waals surface area contributed by atoms with Crippen molar-refractivity contribution in [1.82, 2.24) is 10.2 Å². The topological polar surface area (TPSA) is 55.3 Å². The Balaban J connectivity index is 0.00000300. The molecule has 0 amide bonds. The number of halogens is 1. The molecule has 2 saturated heterocycles. The maximum Gasteiger partial charge on any atom is 0.193 e. The van der Waals surface area contributed by atoms with Crippen LogP contribution in [0.25, 0.3) is 0 Å². The Morgan fingerprint density at radius 3 is 2.79 bits per heavy atom. The van der Waals surface area contributed by atoms with Gasteiger partial charge in [0.15, 0.2) is 5.96 Å². The standard InChI is InChI=1S/C22H35N3O3.HI/c1-3-26-16-20-7-10-25(15-20)22(23-2)24-14-18-5-4-6-19(13-18)17-28-21-8-11-27-12-9-21;/h4-6,13,20-21H,3,7-12,14-17H2,1-2H3,(H,23,24);1H. The molecule has 0 saturated carbocycles. The summed E-state index contributed by atoms with van der Waals surface area (Å²) in [7, 11) is 1.86. The van der Waals surface area contributed by atoms with Crippen molar-refractivity contribution in [3.05, 3.63) is 35.4 Å². The Morgan fingerprint density at radius 2 is 2.03 bits per heavy atom. The fourth-order valence-electron chi connectivity index (χ4n) is 3.85. The van der Waals surface area contributed by atoms with E-state index in [1.165, 1.54) is 17.5 Å². The first kappa shape index (κ1) is 24.4. The Bertz CT molecular complexity index is 623. The maximum absolute atomic E-state index is 6.05. The van der Waals surface area contributed by atoms with Crippen molar-refractivity contribution in [2.75, 3.05) is 46.6 Å². The zero-order valence-electron chi connectivity index (χ0n) is 17.8. The number of hydrogen-bond donors (Lipinski definition) is 1. The van der Waals surface area contributed by atoms with Gasteiger partial charge in [-0.3, -0.25) is 4.99 Å². The first-order valence-corrected chi connectivity index (χ1v) is 10.6. The average Bonchev–Trinajstić information content (AvgIpc) is 3.21. The maximum atomic E-state index is 6.05. The predicted molar refractivity (Wildman–Crippen MR) is 127 cm³/mol. The fraction of sp³-hybridized carbons (Fsp3) is 0.682. The van der Waals surface area contributed by atoms with Crippen LogP contribution in [0, 0.1) is 5.92 Å². The first-order valence-electron chi connectivity index (χ1n) is 10.6. The summed E-state index contributed by atoms with van der Waals surface area (Å²) in [5, 5.41) is 3.51. The van der Waals surface area contributed by atoms with Crippen LogP contribution >= 0.6 is 24.0 Å². The summed E-state index contributed by atoms with van der Waals surface area (Å²) in [5.74, 6) is 1.58. The molecule has 1 aromatic rings. The fourth-order valence-corrected chi connectivity index (χ4v) is 3.85. The van der Waals surface area contributed by atoms with Crippen LogP contribution in [0.5, 0.6) is 0 Å². The minimum absolute atomic E-state index is 0. The largest absolute Gasteiger partial charge is 0.381 e. The van der Waals surface area contributed by atoms with Crippen LogP contribution in [-0.4, -0.2) is 63.5 Å². The first-order chi connectivity index (χ1) is 13.8. The van der Waals surface area contributed by atoms with E-state index in [0.717, 1.165) is 64.9 Å². The lowest BCUT2D eigenvalue weighted by Crippen LogP contribution is -2.39. The number of hydrogen-bond acceptors (Lipinski definition) is 4. The number of nitrogens with one attached hydrogen (secondary N) is 1. The van der Waals surface area contributed by atoms with Gasteiger partial charge in [0, 0.05) is 52.4 Å². The number of ether oxygens (including phenoxy) is 3. The van der Waals surface area contributed by atoms with Crippen molar-refractivity contribution in [3.8, 4) is 0 Å². The molecule has 0 bridgehead atoms. The molecule has 2 fully saturated rings. The Kier molecular flexibility index (Phi) is 11.3. The van der Waals surface area contributed by atoms with Gasteiger partial charge in [0.25, 0.3) is 0 Å².